The summed E-state index contributed by atoms with van der Waals surface area (Å²) in [4.78, 5) is 12.4. The van der Waals surface area contributed by atoms with Gasteiger partial charge in [-0.1, -0.05) is 26.0 Å². The van der Waals surface area contributed by atoms with Gasteiger partial charge in [0.15, 0.2) is 0 Å². The fourth-order valence-electron chi connectivity index (χ4n) is 2.28. The predicted octanol–water partition coefficient (Wildman–Crippen LogP) is 4.09. The number of hydrogen-bond acceptors (Lipinski definition) is 4. The Morgan fingerprint density at radius 2 is 1.95 bits per heavy atom. The van der Waals surface area contributed by atoms with Crippen LogP contribution in [0.1, 0.15) is 48.8 Å². The molecule has 0 amide bonds. The molecule has 1 aromatic carbocycles. The number of thiophene rings is 1. The van der Waals surface area contributed by atoms with Gasteiger partial charge in [-0.05, 0) is 42.8 Å². The fourth-order valence-corrected chi connectivity index (χ4v) is 3.28. The third-order valence-corrected chi connectivity index (χ3v) is 4.78. The van der Waals surface area contributed by atoms with Gasteiger partial charge in [0.05, 0.1) is 12.2 Å². The first-order valence-electron chi connectivity index (χ1n) is 6.97. The number of hydrogen-bond donors (Lipinski definition) is 1. The Kier molecular flexibility index (Phi) is 4.45. The van der Waals surface area contributed by atoms with E-state index in [9.17, 15) is 9.90 Å². The number of benzene rings is 1. The Balaban J connectivity index is 2.42. The summed E-state index contributed by atoms with van der Waals surface area (Å²) in [5.74, 6) is -0.281. The van der Waals surface area contributed by atoms with Crippen LogP contribution >= 0.6 is 11.3 Å². The van der Waals surface area contributed by atoms with E-state index in [1.54, 1.807) is 6.92 Å². The summed E-state index contributed by atoms with van der Waals surface area (Å²) in [6, 6.07) is 7.73. The summed E-state index contributed by atoms with van der Waals surface area (Å²) in [5, 5.41) is 11.6. The van der Waals surface area contributed by atoms with Crippen molar-refractivity contribution in [2.45, 2.75) is 39.2 Å². The lowest BCUT2D eigenvalue weighted by Crippen LogP contribution is -2.23. The van der Waals surface area contributed by atoms with Crippen molar-refractivity contribution in [3.8, 4) is 0 Å². The second-order valence-corrected chi connectivity index (χ2v) is 5.91. The van der Waals surface area contributed by atoms with Crippen molar-refractivity contribution in [2.24, 2.45) is 0 Å². The molecule has 2 rings (SSSR count). The summed E-state index contributed by atoms with van der Waals surface area (Å²) in [6.45, 7) is 6.13. The zero-order chi connectivity index (χ0) is 14.8. The van der Waals surface area contributed by atoms with Crippen LogP contribution < -0.4 is 0 Å². The lowest BCUT2D eigenvalue weighted by Gasteiger charge is -2.25. The average Bonchev–Trinajstić information content (AvgIpc) is 2.89. The van der Waals surface area contributed by atoms with Crippen LogP contribution in [0.25, 0.3) is 10.1 Å². The summed E-state index contributed by atoms with van der Waals surface area (Å²) in [7, 11) is 0. The summed E-state index contributed by atoms with van der Waals surface area (Å²) >= 11 is 1.41. The van der Waals surface area contributed by atoms with E-state index in [2.05, 4.69) is 0 Å². The Labute approximate surface area is 123 Å². The molecule has 0 spiro atoms. The van der Waals surface area contributed by atoms with E-state index in [0.717, 1.165) is 15.6 Å². The maximum atomic E-state index is 11.7. The third kappa shape index (κ3) is 2.72. The lowest BCUT2D eigenvalue weighted by atomic mass is 9.88. The summed E-state index contributed by atoms with van der Waals surface area (Å²) in [6.07, 6.45) is 1.34. The number of carbonyl (C=O) groups excluding carboxylic acids is 1. The van der Waals surface area contributed by atoms with Crippen LogP contribution in [0.15, 0.2) is 24.3 Å². The fraction of sp³-hybridized carbons (Fsp3) is 0.438. The average molecular weight is 292 g/mol. The highest BCUT2D eigenvalue weighted by molar-refractivity contribution is 7.20. The van der Waals surface area contributed by atoms with Gasteiger partial charge in [0.25, 0.3) is 0 Å². The predicted molar refractivity (Wildman–Crippen MR) is 82.3 cm³/mol. The molecule has 0 radical (unpaired) electrons. The maximum Gasteiger partial charge on any atom is 0.348 e. The summed E-state index contributed by atoms with van der Waals surface area (Å²) < 4.78 is 6.02. The molecule has 0 aliphatic rings. The first kappa shape index (κ1) is 15.0. The molecule has 1 aromatic heterocycles. The molecule has 108 valence electrons. The molecule has 0 fully saturated rings. The quantitative estimate of drug-likeness (QED) is 0.844. The molecule has 2 aromatic rings. The van der Waals surface area contributed by atoms with Crippen molar-refractivity contribution in [1.82, 2.24) is 0 Å². The molecule has 3 nitrogen and oxygen atoms in total. The van der Waals surface area contributed by atoms with Crippen molar-refractivity contribution < 1.29 is 14.6 Å². The van der Waals surface area contributed by atoms with E-state index < -0.39 is 5.60 Å². The lowest BCUT2D eigenvalue weighted by molar-refractivity contribution is 0.0285. The standard InChI is InChI=1S/C16H20O3S/c1-4-16(18,5-2)12-8-7-11-9-14(15(17)19-6-3)20-13(11)10-12/h7-10,18H,4-6H2,1-3H3. The first-order chi connectivity index (χ1) is 9.54. The highest BCUT2D eigenvalue weighted by Gasteiger charge is 2.25. The maximum absolute atomic E-state index is 11.7. The van der Waals surface area contributed by atoms with Gasteiger partial charge < -0.3 is 9.84 Å². The van der Waals surface area contributed by atoms with Gasteiger partial charge in [0, 0.05) is 4.70 Å². The van der Waals surface area contributed by atoms with Crippen LogP contribution in [-0.2, 0) is 10.3 Å². The largest absolute Gasteiger partial charge is 0.462 e. The molecule has 1 heterocycles. The van der Waals surface area contributed by atoms with E-state index in [0.29, 0.717) is 24.3 Å². The highest BCUT2D eigenvalue weighted by atomic mass is 32.1. The molecule has 0 aliphatic carbocycles. The number of aliphatic hydroxyl groups is 1. The molecule has 0 atom stereocenters. The topological polar surface area (TPSA) is 46.5 Å². The van der Waals surface area contributed by atoms with Crippen LogP contribution in [0.3, 0.4) is 0 Å². The van der Waals surface area contributed by atoms with Crippen LogP contribution in [0, 0.1) is 0 Å². The zero-order valence-corrected chi connectivity index (χ0v) is 12.9. The smallest absolute Gasteiger partial charge is 0.348 e. The van der Waals surface area contributed by atoms with Gasteiger partial charge in [0.2, 0.25) is 0 Å². The second-order valence-electron chi connectivity index (χ2n) is 4.82. The van der Waals surface area contributed by atoms with Crippen molar-refractivity contribution in [3.05, 3.63) is 34.7 Å². The first-order valence-corrected chi connectivity index (χ1v) is 7.79. The molecule has 1 N–H and O–H groups in total. The van der Waals surface area contributed by atoms with Crippen molar-refractivity contribution >= 4 is 27.4 Å². The number of carbonyl (C=O) groups is 1. The summed E-state index contributed by atoms with van der Waals surface area (Å²) in [5.41, 5.74) is 0.120. The number of ether oxygens (including phenoxy) is 1. The molecule has 0 aliphatic heterocycles. The Bertz CT molecular complexity index is 611. The van der Waals surface area contributed by atoms with Crippen molar-refractivity contribution in [1.29, 1.82) is 0 Å². The molecular weight excluding hydrogens is 272 g/mol. The van der Waals surface area contributed by atoms with Gasteiger partial charge in [-0.2, -0.15) is 0 Å². The Hall–Kier alpha value is -1.39. The van der Waals surface area contributed by atoms with Gasteiger partial charge in [-0.3, -0.25) is 0 Å². The van der Waals surface area contributed by atoms with Crippen LogP contribution in [0.5, 0.6) is 0 Å². The van der Waals surface area contributed by atoms with Crippen molar-refractivity contribution in [2.75, 3.05) is 6.61 Å². The van der Waals surface area contributed by atoms with Crippen LogP contribution in [0.2, 0.25) is 0 Å². The van der Waals surface area contributed by atoms with E-state index in [-0.39, 0.29) is 5.97 Å². The zero-order valence-electron chi connectivity index (χ0n) is 12.1. The van der Waals surface area contributed by atoms with Gasteiger partial charge in [0.1, 0.15) is 4.88 Å². The molecule has 0 saturated heterocycles. The van der Waals surface area contributed by atoms with E-state index in [1.807, 2.05) is 38.1 Å². The normalized spacial score (nSPS) is 11.8. The van der Waals surface area contributed by atoms with E-state index in [1.165, 1.54) is 11.3 Å². The minimum atomic E-state index is -0.789. The third-order valence-electron chi connectivity index (χ3n) is 3.70. The van der Waals surface area contributed by atoms with Gasteiger partial charge in [-0.25, -0.2) is 4.79 Å². The van der Waals surface area contributed by atoms with Gasteiger partial charge in [-0.15, -0.1) is 11.3 Å². The Morgan fingerprint density at radius 3 is 2.55 bits per heavy atom. The van der Waals surface area contributed by atoms with E-state index >= 15 is 0 Å². The van der Waals surface area contributed by atoms with Crippen LogP contribution in [0.4, 0.5) is 0 Å². The number of fused-ring (bicyclic) bond motifs is 1. The molecule has 20 heavy (non-hydrogen) atoms. The minimum absolute atomic E-state index is 0.281. The molecule has 0 saturated carbocycles. The second kappa shape index (κ2) is 5.94. The molecule has 0 bridgehead atoms. The minimum Gasteiger partial charge on any atom is -0.462 e. The SMILES string of the molecule is CCOC(=O)c1cc2ccc(C(O)(CC)CC)cc2s1. The number of esters is 1. The number of rotatable bonds is 5. The van der Waals surface area contributed by atoms with Crippen molar-refractivity contribution in [3.63, 3.8) is 0 Å². The monoisotopic (exact) mass is 292 g/mol. The van der Waals surface area contributed by atoms with Crippen LogP contribution in [-0.4, -0.2) is 17.7 Å². The van der Waals surface area contributed by atoms with E-state index in [4.69, 9.17) is 4.74 Å². The Morgan fingerprint density at radius 1 is 1.25 bits per heavy atom. The molecule has 0 unspecified atom stereocenters. The molecular formula is C16H20O3S. The van der Waals surface area contributed by atoms with Gasteiger partial charge >= 0.3 is 5.97 Å². The highest BCUT2D eigenvalue weighted by Crippen LogP contribution is 2.34. The molecule has 4 heteroatoms.